The summed E-state index contributed by atoms with van der Waals surface area (Å²) >= 11 is 0. The smallest absolute Gasteiger partial charge is 0.196 e. The molecule has 2 saturated heterocycles. The van der Waals surface area contributed by atoms with E-state index in [2.05, 4.69) is 4.90 Å². The molecule has 80 valence electrons. The summed E-state index contributed by atoms with van der Waals surface area (Å²) in [7, 11) is 0. The van der Waals surface area contributed by atoms with E-state index in [1.807, 2.05) is 6.07 Å². The van der Waals surface area contributed by atoms with Crippen LogP contribution in [-0.2, 0) is 4.74 Å². The van der Waals surface area contributed by atoms with E-state index in [4.69, 9.17) is 9.15 Å². The molecule has 2 fully saturated rings. The van der Waals surface area contributed by atoms with Gasteiger partial charge < -0.3 is 14.1 Å². The lowest BCUT2D eigenvalue weighted by molar-refractivity contribution is -0.0198. The Kier molecular flexibility index (Phi) is 1.85. The lowest BCUT2D eigenvalue weighted by atomic mass is 9.91. The molecule has 2 aliphatic heterocycles. The third kappa shape index (κ3) is 1.36. The first-order valence-electron chi connectivity index (χ1n) is 5.25. The summed E-state index contributed by atoms with van der Waals surface area (Å²) in [5.74, 6) is 1.16. The first kappa shape index (κ1) is 8.97. The summed E-state index contributed by atoms with van der Waals surface area (Å²) < 4.78 is 11.1. The number of furan rings is 1. The van der Waals surface area contributed by atoms with E-state index in [0.717, 1.165) is 44.7 Å². The van der Waals surface area contributed by atoms with Gasteiger partial charge in [0.15, 0.2) is 17.9 Å². The number of anilines is 1. The van der Waals surface area contributed by atoms with Crippen LogP contribution in [0.3, 0.4) is 0 Å². The van der Waals surface area contributed by atoms with Crippen LogP contribution in [0.25, 0.3) is 0 Å². The monoisotopic (exact) mass is 207 g/mol. The van der Waals surface area contributed by atoms with E-state index in [9.17, 15) is 4.79 Å². The number of carbonyl (C=O) groups is 1. The second-order valence-corrected chi connectivity index (χ2v) is 4.28. The standard InChI is InChI=1S/C11H13NO3/c13-6-9-2-3-10(15-9)12-7-11(8-12)4-1-5-14-11/h2-3,6H,1,4-5,7-8H2. The molecule has 0 N–H and O–H groups in total. The fourth-order valence-electron chi connectivity index (χ4n) is 2.39. The fourth-order valence-corrected chi connectivity index (χ4v) is 2.39. The molecule has 1 aromatic rings. The van der Waals surface area contributed by atoms with Crippen molar-refractivity contribution in [2.45, 2.75) is 18.4 Å². The highest BCUT2D eigenvalue weighted by molar-refractivity contribution is 5.71. The highest BCUT2D eigenvalue weighted by atomic mass is 16.5. The molecule has 0 aromatic carbocycles. The second-order valence-electron chi connectivity index (χ2n) is 4.28. The largest absolute Gasteiger partial charge is 0.438 e. The molecule has 2 aliphatic rings. The van der Waals surface area contributed by atoms with Crippen LogP contribution in [0, 0.1) is 0 Å². The highest BCUT2D eigenvalue weighted by Crippen LogP contribution is 2.37. The number of nitrogens with zero attached hydrogens (tertiary/aromatic N) is 1. The van der Waals surface area contributed by atoms with Crippen molar-refractivity contribution in [3.05, 3.63) is 17.9 Å². The van der Waals surface area contributed by atoms with Crippen LogP contribution >= 0.6 is 0 Å². The van der Waals surface area contributed by atoms with Gasteiger partial charge in [0.1, 0.15) is 5.60 Å². The topological polar surface area (TPSA) is 42.7 Å². The molecule has 0 atom stereocenters. The average molecular weight is 207 g/mol. The SMILES string of the molecule is O=Cc1ccc(N2CC3(CCCO3)C2)o1. The molecule has 3 rings (SSSR count). The van der Waals surface area contributed by atoms with Gasteiger partial charge in [-0.05, 0) is 18.9 Å². The second kappa shape index (κ2) is 3.10. The van der Waals surface area contributed by atoms with E-state index in [1.165, 1.54) is 0 Å². The summed E-state index contributed by atoms with van der Waals surface area (Å²) in [6.07, 6.45) is 3.03. The Morgan fingerprint density at radius 2 is 2.27 bits per heavy atom. The number of aldehydes is 1. The Balaban J connectivity index is 1.69. The van der Waals surface area contributed by atoms with E-state index in [0.29, 0.717) is 5.76 Å². The van der Waals surface area contributed by atoms with Crippen molar-refractivity contribution in [1.29, 1.82) is 0 Å². The Hall–Kier alpha value is -1.29. The molecule has 0 radical (unpaired) electrons. The molecule has 15 heavy (non-hydrogen) atoms. The van der Waals surface area contributed by atoms with Crippen molar-refractivity contribution >= 4 is 12.2 Å². The molecule has 1 spiro atoms. The van der Waals surface area contributed by atoms with Crippen molar-refractivity contribution in [1.82, 2.24) is 0 Å². The molecule has 3 heterocycles. The number of hydrogen-bond acceptors (Lipinski definition) is 4. The van der Waals surface area contributed by atoms with Gasteiger partial charge in [0.25, 0.3) is 0 Å². The third-order valence-electron chi connectivity index (χ3n) is 3.18. The van der Waals surface area contributed by atoms with E-state index in [-0.39, 0.29) is 5.60 Å². The van der Waals surface area contributed by atoms with Crippen molar-refractivity contribution < 1.29 is 13.9 Å². The Morgan fingerprint density at radius 1 is 1.40 bits per heavy atom. The van der Waals surface area contributed by atoms with Gasteiger partial charge in [-0.2, -0.15) is 0 Å². The molecule has 1 aromatic heterocycles. The maximum atomic E-state index is 10.5. The normalized spacial score (nSPS) is 23.1. The van der Waals surface area contributed by atoms with Gasteiger partial charge in [-0.3, -0.25) is 4.79 Å². The van der Waals surface area contributed by atoms with Gasteiger partial charge in [0, 0.05) is 12.7 Å². The van der Waals surface area contributed by atoms with Crippen LogP contribution < -0.4 is 4.90 Å². The van der Waals surface area contributed by atoms with Crippen LogP contribution in [-0.4, -0.2) is 31.6 Å². The van der Waals surface area contributed by atoms with Crippen molar-refractivity contribution in [2.75, 3.05) is 24.6 Å². The Bertz CT molecular complexity index is 371. The molecule has 4 heteroatoms. The molecule has 0 aliphatic carbocycles. The first-order valence-corrected chi connectivity index (χ1v) is 5.25. The Labute approximate surface area is 87.8 Å². The zero-order valence-corrected chi connectivity index (χ0v) is 8.44. The zero-order chi connectivity index (χ0) is 10.3. The average Bonchev–Trinajstić information content (AvgIpc) is 2.84. The van der Waals surface area contributed by atoms with Crippen LogP contribution in [0.4, 0.5) is 5.88 Å². The lowest BCUT2D eigenvalue weighted by Gasteiger charge is -2.46. The molecule has 4 nitrogen and oxygen atoms in total. The van der Waals surface area contributed by atoms with Crippen molar-refractivity contribution in [3.8, 4) is 0 Å². The van der Waals surface area contributed by atoms with Gasteiger partial charge >= 0.3 is 0 Å². The maximum absolute atomic E-state index is 10.5. The quantitative estimate of drug-likeness (QED) is 0.688. The molecule has 0 amide bonds. The number of carbonyl (C=O) groups excluding carboxylic acids is 1. The van der Waals surface area contributed by atoms with Crippen LogP contribution in [0.5, 0.6) is 0 Å². The van der Waals surface area contributed by atoms with Crippen molar-refractivity contribution in [2.24, 2.45) is 0 Å². The minimum Gasteiger partial charge on any atom is -0.438 e. The van der Waals surface area contributed by atoms with Gasteiger partial charge in [0.2, 0.25) is 0 Å². The first-order chi connectivity index (χ1) is 7.31. The predicted molar refractivity (Wildman–Crippen MR) is 54.2 cm³/mol. The molecular formula is C11H13NO3. The minimum absolute atomic E-state index is 0.0775. The van der Waals surface area contributed by atoms with E-state index < -0.39 is 0 Å². The van der Waals surface area contributed by atoms with Crippen LogP contribution in [0.2, 0.25) is 0 Å². The maximum Gasteiger partial charge on any atom is 0.196 e. The van der Waals surface area contributed by atoms with Gasteiger partial charge in [-0.25, -0.2) is 0 Å². The molecule has 0 bridgehead atoms. The minimum atomic E-state index is 0.0775. The zero-order valence-electron chi connectivity index (χ0n) is 8.44. The summed E-state index contributed by atoms with van der Waals surface area (Å²) in [4.78, 5) is 12.6. The highest BCUT2D eigenvalue weighted by Gasteiger charge is 2.47. The Morgan fingerprint density at radius 3 is 2.87 bits per heavy atom. The lowest BCUT2D eigenvalue weighted by Crippen LogP contribution is -2.61. The molecular weight excluding hydrogens is 194 g/mol. The van der Waals surface area contributed by atoms with Gasteiger partial charge in [-0.15, -0.1) is 0 Å². The van der Waals surface area contributed by atoms with Crippen molar-refractivity contribution in [3.63, 3.8) is 0 Å². The van der Waals surface area contributed by atoms with E-state index >= 15 is 0 Å². The summed E-state index contributed by atoms with van der Waals surface area (Å²) in [5, 5.41) is 0. The number of hydrogen-bond donors (Lipinski definition) is 0. The van der Waals surface area contributed by atoms with E-state index in [1.54, 1.807) is 6.07 Å². The fraction of sp³-hybridized carbons (Fsp3) is 0.545. The summed E-state index contributed by atoms with van der Waals surface area (Å²) in [5.41, 5.74) is 0.0775. The summed E-state index contributed by atoms with van der Waals surface area (Å²) in [6, 6.07) is 3.54. The summed E-state index contributed by atoms with van der Waals surface area (Å²) in [6.45, 7) is 2.66. The molecule has 0 saturated carbocycles. The number of ether oxygens (including phenoxy) is 1. The van der Waals surface area contributed by atoms with Crippen LogP contribution in [0.15, 0.2) is 16.5 Å². The predicted octanol–water partition coefficient (Wildman–Crippen LogP) is 1.46. The van der Waals surface area contributed by atoms with Gasteiger partial charge in [0.05, 0.1) is 13.1 Å². The molecule has 0 unspecified atom stereocenters. The number of rotatable bonds is 2. The third-order valence-corrected chi connectivity index (χ3v) is 3.18. The van der Waals surface area contributed by atoms with Crippen LogP contribution in [0.1, 0.15) is 23.4 Å². The van der Waals surface area contributed by atoms with Gasteiger partial charge in [-0.1, -0.05) is 0 Å².